The highest BCUT2D eigenvalue weighted by atomic mass is 14.8. The first-order chi connectivity index (χ1) is 11.1. The number of hydrogen-bond acceptors (Lipinski definition) is 0. The molecule has 8 fully saturated rings. The van der Waals surface area contributed by atoms with Crippen molar-refractivity contribution in [2.45, 2.75) is 105 Å². The van der Waals surface area contributed by atoms with Gasteiger partial charge in [0, 0.05) is 0 Å². The van der Waals surface area contributed by atoms with E-state index in [0.29, 0.717) is 16.2 Å². The summed E-state index contributed by atoms with van der Waals surface area (Å²) >= 11 is 0. The second-order valence-corrected chi connectivity index (χ2v) is 13.8. The fourth-order valence-electron chi connectivity index (χ4n) is 12.2. The van der Waals surface area contributed by atoms with Crippen molar-refractivity contribution in [1.29, 1.82) is 0 Å². The molecule has 0 spiro atoms. The quantitative estimate of drug-likeness (QED) is 0.487. The van der Waals surface area contributed by atoms with Gasteiger partial charge in [0.1, 0.15) is 0 Å². The van der Waals surface area contributed by atoms with E-state index < -0.39 is 0 Å². The van der Waals surface area contributed by atoms with E-state index in [2.05, 4.69) is 27.7 Å². The van der Waals surface area contributed by atoms with Crippen LogP contribution in [0.2, 0.25) is 0 Å². The van der Waals surface area contributed by atoms with E-state index in [1.54, 1.807) is 57.8 Å². The highest BCUT2D eigenvalue weighted by Crippen LogP contribution is 2.82. The normalized spacial score (nSPS) is 69.5. The maximum absolute atomic E-state index is 2.69. The third-order valence-corrected chi connectivity index (χ3v) is 10.3. The van der Waals surface area contributed by atoms with Gasteiger partial charge in [-0.3, -0.25) is 0 Å². The molecule has 0 aliphatic heterocycles. The predicted molar refractivity (Wildman–Crippen MR) is 99.7 cm³/mol. The minimum absolute atomic E-state index is 0.669. The van der Waals surface area contributed by atoms with E-state index in [1.165, 1.54) is 19.3 Å². The van der Waals surface area contributed by atoms with Crippen LogP contribution in [0.3, 0.4) is 0 Å². The first kappa shape index (κ1) is 15.1. The second-order valence-electron chi connectivity index (χ2n) is 13.8. The average Bonchev–Trinajstić information content (AvgIpc) is 2.28. The van der Waals surface area contributed by atoms with Crippen LogP contribution in [0.25, 0.3) is 0 Å². The Bertz CT molecular complexity index is 544. The Hall–Kier alpha value is 0. The van der Waals surface area contributed by atoms with Gasteiger partial charge in [-0.1, -0.05) is 27.7 Å². The van der Waals surface area contributed by atoms with Crippen LogP contribution in [0.15, 0.2) is 0 Å². The molecule has 2 atom stereocenters. The van der Waals surface area contributed by atoms with Crippen LogP contribution >= 0.6 is 0 Å². The topological polar surface area (TPSA) is 0 Å². The molecule has 8 aliphatic rings. The summed E-state index contributed by atoms with van der Waals surface area (Å²) in [5.41, 5.74) is 4.19. The molecule has 8 saturated carbocycles. The summed E-state index contributed by atoms with van der Waals surface area (Å²) in [5.74, 6) is 2.19. The van der Waals surface area contributed by atoms with E-state index in [4.69, 9.17) is 0 Å². The SMILES string of the molecule is CC12CC3CC(C1)CC(C14CC5(C)CC(C)(CC(C)(C5)C1)C4)(C3)C2. The van der Waals surface area contributed by atoms with Crippen molar-refractivity contribution < 1.29 is 0 Å². The average molecular weight is 327 g/mol. The zero-order valence-electron chi connectivity index (χ0n) is 16.6. The summed E-state index contributed by atoms with van der Waals surface area (Å²) in [6.07, 6.45) is 19.0. The van der Waals surface area contributed by atoms with Crippen LogP contribution in [0, 0.1) is 44.3 Å². The molecule has 0 N–H and O–H groups in total. The monoisotopic (exact) mass is 326 g/mol. The van der Waals surface area contributed by atoms with Crippen molar-refractivity contribution >= 4 is 0 Å². The Balaban J connectivity index is 1.50. The Morgan fingerprint density at radius 3 is 1.29 bits per heavy atom. The Labute approximate surface area is 149 Å². The predicted octanol–water partition coefficient (Wildman–Crippen LogP) is 6.98. The maximum Gasteiger partial charge on any atom is -0.0225 e. The summed E-state index contributed by atoms with van der Waals surface area (Å²) in [4.78, 5) is 0. The summed E-state index contributed by atoms with van der Waals surface area (Å²) < 4.78 is 0. The molecule has 0 saturated heterocycles. The lowest BCUT2D eigenvalue weighted by molar-refractivity contribution is -0.269. The van der Waals surface area contributed by atoms with Crippen LogP contribution in [-0.4, -0.2) is 0 Å². The zero-order chi connectivity index (χ0) is 16.6. The van der Waals surface area contributed by atoms with Crippen molar-refractivity contribution in [3.05, 3.63) is 0 Å². The van der Waals surface area contributed by atoms with Crippen LogP contribution < -0.4 is 0 Å². The van der Waals surface area contributed by atoms with Gasteiger partial charge < -0.3 is 0 Å². The Kier molecular flexibility index (Phi) is 2.40. The van der Waals surface area contributed by atoms with Crippen LogP contribution in [0.4, 0.5) is 0 Å². The van der Waals surface area contributed by atoms with Crippen molar-refractivity contribution in [2.75, 3.05) is 0 Å². The van der Waals surface area contributed by atoms with Crippen LogP contribution in [-0.2, 0) is 0 Å². The molecule has 0 nitrogen and oxygen atoms in total. The molecular weight excluding hydrogens is 288 g/mol. The van der Waals surface area contributed by atoms with Gasteiger partial charge in [-0.2, -0.15) is 0 Å². The van der Waals surface area contributed by atoms with Crippen LogP contribution in [0.5, 0.6) is 0 Å². The fourth-order valence-corrected chi connectivity index (χ4v) is 12.2. The molecule has 0 heteroatoms. The van der Waals surface area contributed by atoms with Crippen molar-refractivity contribution in [3.63, 3.8) is 0 Å². The lowest BCUT2D eigenvalue weighted by Crippen LogP contribution is -2.67. The highest BCUT2D eigenvalue weighted by Gasteiger charge is 2.72. The summed E-state index contributed by atoms with van der Waals surface area (Å²) in [7, 11) is 0. The van der Waals surface area contributed by atoms with Gasteiger partial charge in [-0.05, 0) is 121 Å². The second kappa shape index (κ2) is 3.82. The molecule has 8 aliphatic carbocycles. The molecule has 0 amide bonds. The van der Waals surface area contributed by atoms with Crippen LogP contribution in [0.1, 0.15) is 105 Å². The van der Waals surface area contributed by atoms with E-state index in [0.717, 1.165) is 28.1 Å². The summed E-state index contributed by atoms with van der Waals surface area (Å²) in [6.45, 7) is 10.8. The number of hydrogen-bond donors (Lipinski definition) is 0. The molecule has 0 aromatic heterocycles. The smallest absolute Gasteiger partial charge is 0.0225 e. The highest BCUT2D eigenvalue weighted by molar-refractivity contribution is 5.22. The number of rotatable bonds is 1. The minimum atomic E-state index is 0.669. The fraction of sp³-hybridized carbons (Fsp3) is 1.00. The largest absolute Gasteiger partial charge is 0.0596 e. The van der Waals surface area contributed by atoms with E-state index in [-0.39, 0.29) is 0 Å². The molecule has 0 heterocycles. The molecule has 0 aromatic carbocycles. The molecule has 0 radical (unpaired) electrons. The van der Waals surface area contributed by atoms with Gasteiger partial charge in [-0.15, -0.1) is 0 Å². The van der Waals surface area contributed by atoms with Crippen molar-refractivity contribution in [1.82, 2.24) is 0 Å². The molecule has 24 heavy (non-hydrogen) atoms. The Morgan fingerprint density at radius 2 is 0.875 bits per heavy atom. The molecule has 2 unspecified atom stereocenters. The summed E-state index contributed by atoms with van der Waals surface area (Å²) in [5, 5.41) is 0. The molecule has 8 rings (SSSR count). The third-order valence-electron chi connectivity index (χ3n) is 10.3. The molecular formula is C24H38. The van der Waals surface area contributed by atoms with E-state index in [1.807, 2.05) is 0 Å². The van der Waals surface area contributed by atoms with Gasteiger partial charge in [0.2, 0.25) is 0 Å². The molecule has 134 valence electrons. The van der Waals surface area contributed by atoms with Gasteiger partial charge in [0.15, 0.2) is 0 Å². The van der Waals surface area contributed by atoms with Crippen molar-refractivity contribution in [3.8, 4) is 0 Å². The molecule has 0 aromatic rings. The lowest BCUT2D eigenvalue weighted by Gasteiger charge is -2.77. The maximum atomic E-state index is 2.69. The van der Waals surface area contributed by atoms with Gasteiger partial charge in [0.25, 0.3) is 0 Å². The van der Waals surface area contributed by atoms with Crippen molar-refractivity contribution in [2.24, 2.45) is 44.3 Å². The van der Waals surface area contributed by atoms with E-state index >= 15 is 0 Å². The van der Waals surface area contributed by atoms with Gasteiger partial charge in [-0.25, -0.2) is 0 Å². The zero-order valence-corrected chi connectivity index (χ0v) is 16.6. The minimum Gasteiger partial charge on any atom is -0.0596 e. The van der Waals surface area contributed by atoms with Gasteiger partial charge in [0.05, 0.1) is 0 Å². The molecule has 8 bridgehead atoms. The van der Waals surface area contributed by atoms with Gasteiger partial charge >= 0.3 is 0 Å². The van der Waals surface area contributed by atoms with E-state index in [9.17, 15) is 0 Å². The first-order valence-electron chi connectivity index (χ1n) is 11.1. The standard InChI is InChI=1S/C24H38/c1-19-6-17-5-18(7-19)9-23(8-17,13-19)24-14-20(2)10-21(3,15-24)12-22(4,11-20)16-24/h17-18H,5-16H2,1-4H3. The third kappa shape index (κ3) is 1.72. The lowest BCUT2D eigenvalue weighted by atomic mass is 9.28. The Morgan fingerprint density at radius 1 is 0.458 bits per heavy atom. The first-order valence-corrected chi connectivity index (χ1v) is 11.1. The summed E-state index contributed by atoms with van der Waals surface area (Å²) in [6, 6.07) is 0.